The lowest BCUT2D eigenvalue weighted by atomic mass is 9.63. The average molecular weight is 252 g/mol. The minimum Gasteiger partial charge on any atom is -0.325 e. The molecule has 0 aliphatic heterocycles. The van der Waals surface area contributed by atoms with Gasteiger partial charge in [0.05, 0.1) is 0 Å². The first-order chi connectivity index (χ1) is 7.06. The Hall–Kier alpha value is 0.110. The zero-order valence-corrected chi connectivity index (χ0v) is 10.2. The Labute approximate surface area is 102 Å². The van der Waals surface area contributed by atoms with Crippen LogP contribution in [0.25, 0.3) is 0 Å². The maximum atomic E-state index is 13.0. The van der Waals surface area contributed by atoms with Gasteiger partial charge in [-0.1, -0.05) is 0 Å². The van der Waals surface area contributed by atoms with Crippen LogP contribution in [0.5, 0.6) is 0 Å². The summed E-state index contributed by atoms with van der Waals surface area (Å²) in [4.78, 5) is 0. The van der Waals surface area contributed by atoms with Crippen molar-refractivity contribution in [2.45, 2.75) is 50.5 Å². The number of rotatable bonds is 1. The largest absolute Gasteiger partial charge is 0.325 e. The van der Waals surface area contributed by atoms with Crippen molar-refractivity contribution in [2.24, 2.45) is 29.4 Å². The molecule has 2 N–H and O–H groups in total. The van der Waals surface area contributed by atoms with Gasteiger partial charge in [-0.25, -0.2) is 8.78 Å². The van der Waals surface area contributed by atoms with Crippen LogP contribution in [0.4, 0.5) is 8.78 Å². The molecule has 0 amide bonds. The Morgan fingerprint density at radius 3 is 2.19 bits per heavy atom. The molecular weight excluding hydrogens is 232 g/mol. The van der Waals surface area contributed by atoms with Crippen LogP contribution in [-0.2, 0) is 0 Å². The minimum atomic E-state index is -2.13. The minimum absolute atomic E-state index is 0. The van der Waals surface area contributed by atoms with E-state index < -0.39 is 6.43 Å². The molecule has 0 aromatic carbocycles. The fraction of sp³-hybridized carbons (Fsp3) is 1.00. The average Bonchev–Trinajstić information content (AvgIpc) is 2.26. The fourth-order valence-electron chi connectivity index (χ4n) is 4.64. The highest BCUT2D eigenvalue weighted by atomic mass is 35.5. The Kier molecular flexibility index (Phi) is 3.21. The van der Waals surface area contributed by atoms with Crippen molar-refractivity contribution in [3.63, 3.8) is 0 Å². The maximum absolute atomic E-state index is 13.0. The van der Waals surface area contributed by atoms with E-state index in [1.54, 1.807) is 0 Å². The zero-order valence-electron chi connectivity index (χ0n) is 9.37. The van der Waals surface area contributed by atoms with Crippen LogP contribution in [-0.4, -0.2) is 12.0 Å². The van der Waals surface area contributed by atoms with Crippen LogP contribution in [0.1, 0.15) is 38.5 Å². The second kappa shape index (κ2) is 4.09. The van der Waals surface area contributed by atoms with Crippen LogP contribution < -0.4 is 5.73 Å². The molecule has 0 spiro atoms. The van der Waals surface area contributed by atoms with Gasteiger partial charge in [-0.05, 0) is 56.3 Å². The van der Waals surface area contributed by atoms with Crippen molar-refractivity contribution >= 4 is 12.4 Å². The first-order valence-electron chi connectivity index (χ1n) is 6.13. The molecule has 16 heavy (non-hydrogen) atoms. The molecule has 0 radical (unpaired) electrons. The van der Waals surface area contributed by atoms with Crippen LogP contribution in [0.3, 0.4) is 0 Å². The smallest absolute Gasteiger partial charge is 0.241 e. The second-order valence-corrected chi connectivity index (χ2v) is 6.17. The third-order valence-electron chi connectivity index (χ3n) is 4.90. The van der Waals surface area contributed by atoms with E-state index >= 15 is 0 Å². The third-order valence-corrected chi connectivity index (χ3v) is 4.90. The molecule has 0 aromatic rings. The fourth-order valence-corrected chi connectivity index (χ4v) is 4.64. The molecular formula is C12H20ClF2N. The molecule has 4 aliphatic rings. The van der Waals surface area contributed by atoms with E-state index in [2.05, 4.69) is 0 Å². The van der Waals surface area contributed by atoms with Crippen LogP contribution >= 0.6 is 12.4 Å². The monoisotopic (exact) mass is 251 g/mol. The van der Waals surface area contributed by atoms with Gasteiger partial charge in [-0.2, -0.15) is 0 Å². The molecule has 94 valence electrons. The van der Waals surface area contributed by atoms with Crippen molar-refractivity contribution < 1.29 is 8.78 Å². The van der Waals surface area contributed by atoms with Crippen molar-refractivity contribution in [1.82, 2.24) is 0 Å². The summed E-state index contributed by atoms with van der Waals surface area (Å²) in [7, 11) is 0. The summed E-state index contributed by atoms with van der Waals surface area (Å²) in [6.07, 6.45) is 3.74. The first kappa shape index (κ1) is 12.6. The van der Waals surface area contributed by atoms with Crippen LogP contribution in [0.15, 0.2) is 0 Å². The standard InChI is InChI=1S/C12H19F2N.ClH/c13-11(14)10-3-8-1-7-2-9(10)6-12(15,4-7)5-8;/h7-11H,1-6,15H2;1H. The molecule has 4 rings (SSSR count). The Balaban J connectivity index is 0.000000963. The van der Waals surface area contributed by atoms with E-state index in [0.717, 1.165) is 32.1 Å². The van der Waals surface area contributed by atoms with Crippen molar-refractivity contribution in [3.8, 4) is 0 Å². The van der Waals surface area contributed by atoms with E-state index in [-0.39, 0.29) is 29.8 Å². The lowest BCUT2D eigenvalue weighted by Gasteiger charge is -2.46. The Bertz CT molecular complexity index is 274. The molecule has 4 bridgehead atoms. The number of hydrogen-bond acceptors (Lipinski definition) is 1. The first-order valence-corrected chi connectivity index (χ1v) is 6.13. The van der Waals surface area contributed by atoms with Gasteiger partial charge in [0.15, 0.2) is 0 Å². The highest BCUT2D eigenvalue weighted by molar-refractivity contribution is 5.85. The lowest BCUT2D eigenvalue weighted by molar-refractivity contribution is 0.0218. The van der Waals surface area contributed by atoms with Gasteiger partial charge in [0.1, 0.15) is 0 Å². The molecule has 4 heteroatoms. The quantitative estimate of drug-likeness (QED) is 0.761. The summed E-state index contributed by atoms with van der Waals surface area (Å²) in [6, 6.07) is 0. The number of halogens is 3. The molecule has 0 heterocycles. The van der Waals surface area contributed by atoms with Crippen LogP contribution in [0.2, 0.25) is 0 Å². The van der Waals surface area contributed by atoms with Gasteiger partial charge >= 0.3 is 0 Å². The second-order valence-electron chi connectivity index (χ2n) is 6.17. The zero-order chi connectivity index (χ0) is 10.6. The summed E-state index contributed by atoms with van der Waals surface area (Å²) in [5, 5.41) is 0. The predicted octanol–water partition coefficient (Wildman–Crippen LogP) is 3.22. The molecule has 5 unspecified atom stereocenters. The van der Waals surface area contributed by atoms with E-state index in [1.807, 2.05) is 0 Å². The molecule has 1 nitrogen and oxygen atoms in total. The summed E-state index contributed by atoms with van der Waals surface area (Å²) in [6.45, 7) is 0. The van der Waals surface area contributed by atoms with Crippen molar-refractivity contribution in [1.29, 1.82) is 0 Å². The van der Waals surface area contributed by atoms with Crippen molar-refractivity contribution in [2.75, 3.05) is 0 Å². The number of nitrogens with two attached hydrogens (primary N) is 1. The SMILES string of the molecule is Cl.NC12CC3CC(CC(C(F)F)C(C3)C1)C2. The van der Waals surface area contributed by atoms with E-state index in [9.17, 15) is 8.78 Å². The third kappa shape index (κ3) is 1.97. The molecule has 0 aromatic heterocycles. The number of fused-ring (bicyclic) bond motifs is 1. The molecule has 5 atom stereocenters. The van der Waals surface area contributed by atoms with Gasteiger partial charge in [0.2, 0.25) is 6.43 Å². The molecule has 4 fully saturated rings. The van der Waals surface area contributed by atoms with E-state index in [0.29, 0.717) is 11.8 Å². The molecule has 4 saturated carbocycles. The van der Waals surface area contributed by atoms with E-state index in [1.165, 1.54) is 6.42 Å². The normalized spacial score (nSPS) is 50.2. The van der Waals surface area contributed by atoms with Crippen LogP contribution in [0, 0.1) is 23.7 Å². The number of alkyl halides is 2. The highest BCUT2D eigenvalue weighted by Crippen LogP contribution is 2.55. The van der Waals surface area contributed by atoms with E-state index in [4.69, 9.17) is 5.73 Å². The Morgan fingerprint density at radius 1 is 1.00 bits per heavy atom. The lowest BCUT2D eigenvalue weighted by Crippen LogP contribution is -2.50. The predicted molar refractivity (Wildman–Crippen MR) is 61.8 cm³/mol. The molecule has 0 saturated heterocycles. The number of hydrogen-bond donors (Lipinski definition) is 1. The summed E-state index contributed by atoms with van der Waals surface area (Å²) in [5.74, 6) is 0.989. The maximum Gasteiger partial charge on any atom is 0.241 e. The van der Waals surface area contributed by atoms with Gasteiger partial charge < -0.3 is 5.73 Å². The van der Waals surface area contributed by atoms with Gasteiger partial charge in [0, 0.05) is 11.5 Å². The van der Waals surface area contributed by atoms with Crippen molar-refractivity contribution in [3.05, 3.63) is 0 Å². The summed E-state index contributed by atoms with van der Waals surface area (Å²) < 4.78 is 25.9. The summed E-state index contributed by atoms with van der Waals surface area (Å²) in [5.41, 5.74) is 6.26. The molecule has 4 aliphatic carbocycles. The summed E-state index contributed by atoms with van der Waals surface area (Å²) >= 11 is 0. The van der Waals surface area contributed by atoms with Gasteiger partial charge in [-0.15, -0.1) is 12.4 Å². The Morgan fingerprint density at radius 2 is 1.62 bits per heavy atom. The van der Waals surface area contributed by atoms with Gasteiger partial charge in [-0.3, -0.25) is 0 Å². The highest BCUT2D eigenvalue weighted by Gasteiger charge is 2.51. The topological polar surface area (TPSA) is 26.0 Å². The van der Waals surface area contributed by atoms with Gasteiger partial charge in [0.25, 0.3) is 0 Å².